The summed E-state index contributed by atoms with van der Waals surface area (Å²) in [5.74, 6) is -0.858. The van der Waals surface area contributed by atoms with E-state index in [1.807, 2.05) is 18.2 Å². The standard InChI is InChI=1S/C22H17ClN2O3/c23-18-7-3-1-5-16(18)14-25-19-8-4-2-6-17(19)22(28,21(25)27)13-20(26)15-9-11-24-12-10-15/h1-12,28H,13-14H2/t22-/m1/s1. The fraction of sp³-hybridized carbons (Fsp3) is 0.136. The predicted octanol–water partition coefficient (Wildman–Crippen LogP) is 3.74. The Balaban J connectivity index is 1.70. The molecule has 0 fully saturated rings. The summed E-state index contributed by atoms with van der Waals surface area (Å²) in [7, 11) is 0. The van der Waals surface area contributed by atoms with E-state index in [-0.39, 0.29) is 18.7 Å². The molecular weight excluding hydrogens is 376 g/mol. The molecule has 0 spiro atoms. The molecule has 0 unspecified atom stereocenters. The lowest BCUT2D eigenvalue weighted by molar-refractivity contribution is -0.136. The molecule has 1 N–H and O–H groups in total. The second-order valence-corrected chi connectivity index (χ2v) is 7.10. The van der Waals surface area contributed by atoms with E-state index in [2.05, 4.69) is 4.98 Å². The van der Waals surface area contributed by atoms with Gasteiger partial charge in [0.05, 0.1) is 18.7 Å². The lowest BCUT2D eigenvalue weighted by atomic mass is 9.88. The number of Topliss-reactive ketones (excluding diaryl/α,β-unsaturated/α-hetero) is 1. The van der Waals surface area contributed by atoms with Gasteiger partial charge in [-0.2, -0.15) is 0 Å². The van der Waals surface area contributed by atoms with Crippen LogP contribution in [0.5, 0.6) is 0 Å². The number of aliphatic hydroxyl groups is 1. The number of para-hydroxylation sites is 1. The highest BCUT2D eigenvalue weighted by Gasteiger charge is 2.50. The van der Waals surface area contributed by atoms with Crippen LogP contribution < -0.4 is 4.90 Å². The van der Waals surface area contributed by atoms with Crippen molar-refractivity contribution >= 4 is 29.0 Å². The number of amides is 1. The van der Waals surface area contributed by atoms with Crippen molar-refractivity contribution in [3.63, 3.8) is 0 Å². The van der Waals surface area contributed by atoms with E-state index in [4.69, 9.17) is 11.6 Å². The first-order valence-corrected chi connectivity index (χ1v) is 9.19. The van der Waals surface area contributed by atoms with Crippen LogP contribution in [0, 0.1) is 0 Å². The van der Waals surface area contributed by atoms with Gasteiger partial charge in [0.25, 0.3) is 5.91 Å². The van der Waals surface area contributed by atoms with Gasteiger partial charge in [0.15, 0.2) is 11.4 Å². The number of anilines is 1. The third kappa shape index (κ3) is 3.09. The highest BCUT2D eigenvalue weighted by molar-refractivity contribution is 6.31. The molecule has 2 heterocycles. The van der Waals surface area contributed by atoms with Gasteiger partial charge in [0.1, 0.15) is 0 Å². The number of pyridine rings is 1. The van der Waals surface area contributed by atoms with Crippen molar-refractivity contribution in [1.82, 2.24) is 4.98 Å². The maximum Gasteiger partial charge on any atom is 0.264 e. The summed E-state index contributed by atoms with van der Waals surface area (Å²) in [6, 6.07) is 17.4. The highest BCUT2D eigenvalue weighted by atomic mass is 35.5. The van der Waals surface area contributed by atoms with Crippen LogP contribution in [0.15, 0.2) is 73.1 Å². The summed E-state index contributed by atoms with van der Waals surface area (Å²) in [6.07, 6.45) is 2.67. The van der Waals surface area contributed by atoms with E-state index in [9.17, 15) is 14.7 Å². The Bertz CT molecular complexity index is 1050. The Hall–Kier alpha value is -3.02. The van der Waals surface area contributed by atoms with E-state index in [0.717, 1.165) is 5.56 Å². The quantitative estimate of drug-likeness (QED) is 0.671. The number of hydrogen-bond acceptors (Lipinski definition) is 4. The zero-order valence-corrected chi connectivity index (χ0v) is 15.6. The molecule has 3 aromatic rings. The lowest BCUT2D eigenvalue weighted by Crippen LogP contribution is -2.41. The molecule has 0 bridgehead atoms. The van der Waals surface area contributed by atoms with Crippen LogP contribution in [0.4, 0.5) is 5.69 Å². The average molecular weight is 393 g/mol. The van der Waals surface area contributed by atoms with Gasteiger partial charge in [-0.05, 0) is 29.8 Å². The molecule has 6 heteroatoms. The van der Waals surface area contributed by atoms with Gasteiger partial charge < -0.3 is 10.0 Å². The molecule has 1 atom stereocenters. The second-order valence-electron chi connectivity index (χ2n) is 6.70. The van der Waals surface area contributed by atoms with Crippen LogP contribution in [0.25, 0.3) is 0 Å². The molecule has 5 nitrogen and oxygen atoms in total. The first kappa shape index (κ1) is 18.3. The minimum atomic E-state index is -1.92. The second kappa shape index (κ2) is 7.19. The molecule has 0 radical (unpaired) electrons. The number of benzene rings is 2. The van der Waals surface area contributed by atoms with Crippen LogP contribution in [-0.4, -0.2) is 21.8 Å². The van der Waals surface area contributed by atoms with Crippen LogP contribution in [0.3, 0.4) is 0 Å². The summed E-state index contributed by atoms with van der Waals surface area (Å²) in [4.78, 5) is 31.3. The Morgan fingerprint density at radius 1 is 1.04 bits per heavy atom. The van der Waals surface area contributed by atoms with Crippen LogP contribution >= 0.6 is 11.6 Å². The van der Waals surface area contributed by atoms with Crippen molar-refractivity contribution in [3.05, 3.63) is 94.8 Å². The molecule has 1 aliphatic rings. The predicted molar refractivity (Wildman–Crippen MR) is 106 cm³/mol. The molecule has 0 saturated carbocycles. The molecule has 1 aromatic heterocycles. The number of carbonyl (C=O) groups excluding carboxylic acids is 2. The topological polar surface area (TPSA) is 70.5 Å². The number of aromatic nitrogens is 1. The zero-order valence-electron chi connectivity index (χ0n) is 14.9. The van der Waals surface area contributed by atoms with Crippen molar-refractivity contribution in [3.8, 4) is 0 Å². The molecule has 140 valence electrons. The average Bonchev–Trinajstić information content (AvgIpc) is 2.92. The fourth-order valence-corrected chi connectivity index (χ4v) is 3.70. The van der Waals surface area contributed by atoms with E-state index < -0.39 is 11.5 Å². The fourth-order valence-electron chi connectivity index (χ4n) is 3.50. The Morgan fingerprint density at radius 2 is 1.71 bits per heavy atom. The number of carbonyl (C=O) groups is 2. The summed E-state index contributed by atoms with van der Waals surface area (Å²) in [5.41, 5.74) is 0.250. The van der Waals surface area contributed by atoms with Gasteiger partial charge in [-0.15, -0.1) is 0 Å². The summed E-state index contributed by atoms with van der Waals surface area (Å²) >= 11 is 6.25. The van der Waals surface area contributed by atoms with Crippen molar-refractivity contribution in [2.24, 2.45) is 0 Å². The van der Waals surface area contributed by atoms with Crippen LogP contribution in [0.1, 0.15) is 27.9 Å². The van der Waals surface area contributed by atoms with Gasteiger partial charge in [-0.1, -0.05) is 48.0 Å². The lowest BCUT2D eigenvalue weighted by Gasteiger charge is -2.23. The maximum absolute atomic E-state index is 13.2. The number of nitrogens with zero attached hydrogens (tertiary/aromatic N) is 2. The van der Waals surface area contributed by atoms with Gasteiger partial charge in [-0.25, -0.2) is 0 Å². The number of rotatable bonds is 5. The third-order valence-corrected chi connectivity index (χ3v) is 5.31. The smallest absolute Gasteiger partial charge is 0.264 e. The number of hydrogen-bond donors (Lipinski definition) is 1. The Labute approximate surface area is 167 Å². The van der Waals surface area contributed by atoms with Crippen molar-refractivity contribution in [2.45, 2.75) is 18.6 Å². The van der Waals surface area contributed by atoms with E-state index in [0.29, 0.717) is 21.8 Å². The first-order chi connectivity index (χ1) is 13.5. The van der Waals surface area contributed by atoms with Crippen molar-refractivity contribution in [2.75, 3.05) is 4.90 Å². The molecule has 2 aromatic carbocycles. The number of ketones is 1. The monoisotopic (exact) mass is 392 g/mol. The van der Waals surface area contributed by atoms with Crippen molar-refractivity contribution < 1.29 is 14.7 Å². The van der Waals surface area contributed by atoms with Crippen LogP contribution in [0.2, 0.25) is 5.02 Å². The molecular formula is C22H17ClN2O3. The molecule has 1 amide bonds. The molecule has 28 heavy (non-hydrogen) atoms. The summed E-state index contributed by atoms with van der Waals surface area (Å²) in [5, 5.41) is 11.8. The molecule has 0 saturated heterocycles. The van der Waals surface area contributed by atoms with Gasteiger partial charge in [-0.3, -0.25) is 14.6 Å². The summed E-state index contributed by atoms with van der Waals surface area (Å²) < 4.78 is 0. The minimum Gasteiger partial charge on any atom is -0.375 e. The number of halogens is 1. The Morgan fingerprint density at radius 3 is 2.46 bits per heavy atom. The van der Waals surface area contributed by atoms with Gasteiger partial charge >= 0.3 is 0 Å². The van der Waals surface area contributed by atoms with E-state index >= 15 is 0 Å². The van der Waals surface area contributed by atoms with Gasteiger partial charge in [0, 0.05) is 28.5 Å². The SMILES string of the molecule is O=C(C[C@]1(O)C(=O)N(Cc2ccccc2Cl)c2ccccc21)c1ccncc1. The molecule has 0 aliphatic carbocycles. The summed E-state index contributed by atoms with van der Waals surface area (Å²) in [6.45, 7) is 0.210. The molecule has 4 rings (SSSR count). The minimum absolute atomic E-state index is 0.210. The number of fused-ring (bicyclic) bond motifs is 1. The third-order valence-electron chi connectivity index (χ3n) is 4.94. The normalized spacial score (nSPS) is 18.2. The molecule has 1 aliphatic heterocycles. The zero-order chi connectivity index (χ0) is 19.7. The Kier molecular flexibility index (Phi) is 4.71. The van der Waals surface area contributed by atoms with Crippen molar-refractivity contribution in [1.29, 1.82) is 0 Å². The maximum atomic E-state index is 13.2. The highest BCUT2D eigenvalue weighted by Crippen LogP contribution is 2.43. The first-order valence-electron chi connectivity index (χ1n) is 8.81. The largest absolute Gasteiger partial charge is 0.375 e. The van der Waals surface area contributed by atoms with E-state index in [1.165, 1.54) is 17.3 Å². The van der Waals surface area contributed by atoms with Crippen LogP contribution in [-0.2, 0) is 16.9 Å². The van der Waals surface area contributed by atoms with Gasteiger partial charge in [0.2, 0.25) is 0 Å². The van der Waals surface area contributed by atoms with E-state index in [1.54, 1.807) is 42.5 Å².